The van der Waals surface area contributed by atoms with E-state index in [1.807, 2.05) is 29.2 Å². The molecule has 0 fully saturated rings. The second kappa shape index (κ2) is 6.23. The van der Waals surface area contributed by atoms with Crippen molar-refractivity contribution >= 4 is 17.0 Å². The Hall–Kier alpha value is -1.79. The van der Waals surface area contributed by atoms with E-state index in [-0.39, 0.29) is 6.61 Å². The third-order valence-electron chi connectivity index (χ3n) is 2.57. The molecule has 2 rings (SSSR count). The van der Waals surface area contributed by atoms with Gasteiger partial charge in [-0.2, -0.15) is 0 Å². The molecule has 0 saturated carbocycles. The lowest BCUT2D eigenvalue weighted by atomic mass is 10.3. The lowest BCUT2D eigenvalue weighted by Gasteiger charge is -2.20. The predicted octanol–water partition coefficient (Wildman–Crippen LogP) is 0.470. The molecule has 6 heteroatoms. The van der Waals surface area contributed by atoms with Gasteiger partial charge < -0.3 is 14.7 Å². The number of ether oxygens (including phenoxy) is 1. The average Bonchev–Trinajstić information content (AvgIpc) is 2.43. The van der Waals surface area contributed by atoms with Gasteiger partial charge in [-0.15, -0.1) is 10.2 Å². The molecule has 0 unspecified atom stereocenters. The van der Waals surface area contributed by atoms with E-state index in [1.54, 1.807) is 7.11 Å². The molecule has 0 amide bonds. The van der Waals surface area contributed by atoms with E-state index in [0.717, 1.165) is 11.0 Å². The Morgan fingerprint density at radius 3 is 2.67 bits per heavy atom. The summed E-state index contributed by atoms with van der Waals surface area (Å²) in [6.45, 7) is 1.68. The van der Waals surface area contributed by atoms with Gasteiger partial charge in [-0.05, 0) is 12.1 Å². The van der Waals surface area contributed by atoms with Crippen LogP contribution in [0, 0.1) is 0 Å². The van der Waals surface area contributed by atoms with Crippen molar-refractivity contribution in [2.24, 2.45) is 0 Å². The van der Waals surface area contributed by atoms with Gasteiger partial charge in [0.25, 0.3) is 0 Å². The highest BCUT2D eigenvalue weighted by Gasteiger charge is 2.10. The predicted molar refractivity (Wildman–Crippen MR) is 68.5 cm³/mol. The van der Waals surface area contributed by atoms with E-state index in [2.05, 4.69) is 15.2 Å². The van der Waals surface area contributed by atoms with Crippen LogP contribution in [-0.2, 0) is 4.74 Å². The van der Waals surface area contributed by atoms with Crippen LogP contribution in [0.2, 0.25) is 0 Å². The summed E-state index contributed by atoms with van der Waals surface area (Å²) < 4.78 is 5.03. The lowest BCUT2D eigenvalue weighted by Crippen LogP contribution is -2.31. The van der Waals surface area contributed by atoms with Crippen molar-refractivity contribution in [2.45, 2.75) is 0 Å². The first-order valence-corrected chi connectivity index (χ1v) is 5.79. The molecule has 1 heterocycles. The summed E-state index contributed by atoms with van der Waals surface area (Å²) in [5.41, 5.74) is 1.56. The molecule has 2 aromatic rings. The van der Waals surface area contributed by atoms with Crippen LogP contribution in [0.15, 0.2) is 24.3 Å². The maximum absolute atomic E-state index is 9.05. The molecule has 0 radical (unpaired) electrons. The van der Waals surface area contributed by atoms with E-state index in [9.17, 15) is 0 Å². The Labute approximate surface area is 105 Å². The van der Waals surface area contributed by atoms with Crippen molar-refractivity contribution in [3.05, 3.63) is 24.3 Å². The average molecular weight is 248 g/mol. The second-order valence-electron chi connectivity index (χ2n) is 3.80. The summed E-state index contributed by atoms with van der Waals surface area (Å²) in [5.74, 6) is 0.514. The second-order valence-corrected chi connectivity index (χ2v) is 3.80. The van der Waals surface area contributed by atoms with Gasteiger partial charge in [0.2, 0.25) is 5.95 Å². The molecule has 6 nitrogen and oxygen atoms in total. The normalized spacial score (nSPS) is 10.8. The van der Waals surface area contributed by atoms with Crippen LogP contribution in [0.25, 0.3) is 11.0 Å². The fourth-order valence-corrected chi connectivity index (χ4v) is 1.64. The Kier molecular flexibility index (Phi) is 4.38. The molecule has 18 heavy (non-hydrogen) atoms. The number of nitrogens with zero attached hydrogens (tertiary/aromatic N) is 4. The first kappa shape index (κ1) is 12.7. The van der Waals surface area contributed by atoms with Gasteiger partial charge >= 0.3 is 0 Å². The van der Waals surface area contributed by atoms with Gasteiger partial charge in [0.15, 0.2) is 0 Å². The Balaban J connectivity index is 2.25. The van der Waals surface area contributed by atoms with Crippen LogP contribution in [0.5, 0.6) is 0 Å². The molecule has 1 N–H and O–H groups in total. The maximum Gasteiger partial charge on any atom is 0.246 e. The van der Waals surface area contributed by atoms with Gasteiger partial charge in [-0.3, -0.25) is 0 Å². The minimum atomic E-state index is 0.0416. The first-order chi connectivity index (χ1) is 8.85. The third kappa shape index (κ3) is 2.91. The van der Waals surface area contributed by atoms with Crippen LogP contribution >= 0.6 is 0 Å². The van der Waals surface area contributed by atoms with Gasteiger partial charge in [-0.1, -0.05) is 12.1 Å². The topological polar surface area (TPSA) is 71.4 Å². The number of aliphatic hydroxyl groups is 1. The summed E-state index contributed by atoms with van der Waals surface area (Å²) in [6, 6.07) is 7.56. The van der Waals surface area contributed by atoms with Crippen LogP contribution in [-0.4, -0.2) is 53.7 Å². The molecule has 1 aromatic carbocycles. The van der Waals surface area contributed by atoms with Crippen LogP contribution in [0.4, 0.5) is 5.95 Å². The largest absolute Gasteiger partial charge is 0.395 e. The van der Waals surface area contributed by atoms with Gasteiger partial charge in [0.1, 0.15) is 5.52 Å². The number of aromatic nitrogens is 3. The Bertz CT molecular complexity index is 506. The monoisotopic (exact) mass is 248 g/mol. The van der Waals surface area contributed by atoms with Crippen molar-refractivity contribution < 1.29 is 9.84 Å². The minimum absolute atomic E-state index is 0.0416. The zero-order valence-electron chi connectivity index (χ0n) is 10.3. The molecule has 0 saturated heterocycles. The molecule has 0 spiro atoms. The van der Waals surface area contributed by atoms with E-state index in [1.165, 1.54) is 0 Å². The highest BCUT2D eigenvalue weighted by Crippen LogP contribution is 2.11. The van der Waals surface area contributed by atoms with Crippen molar-refractivity contribution in [3.8, 4) is 0 Å². The minimum Gasteiger partial charge on any atom is -0.395 e. The summed E-state index contributed by atoms with van der Waals surface area (Å²) >= 11 is 0. The number of hydrogen-bond donors (Lipinski definition) is 1. The highest BCUT2D eigenvalue weighted by molar-refractivity contribution is 5.74. The molecule has 0 aliphatic rings. The highest BCUT2D eigenvalue weighted by atomic mass is 16.5. The Morgan fingerprint density at radius 1 is 1.17 bits per heavy atom. The van der Waals surface area contributed by atoms with E-state index < -0.39 is 0 Å². The van der Waals surface area contributed by atoms with E-state index >= 15 is 0 Å². The number of aliphatic hydroxyl groups excluding tert-OH is 1. The lowest BCUT2D eigenvalue weighted by molar-refractivity contribution is 0.202. The molecule has 0 bridgehead atoms. The molecule has 1 aromatic heterocycles. The maximum atomic E-state index is 9.05. The fourth-order valence-electron chi connectivity index (χ4n) is 1.64. The molecule has 0 aliphatic carbocycles. The smallest absolute Gasteiger partial charge is 0.246 e. The zero-order valence-corrected chi connectivity index (χ0v) is 10.3. The molecular weight excluding hydrogens is 232 g/mol. The van der Waals surface area contributed by atoms with Gasteiger partial charge in [-0.25, -0.2) is 4.98 Å². The number of rotatable bonds is 6. The summed E-state index contributed by atoms with van der Waals surface area (Å²) in [4.78, 5) is 6.28. The van der Waals surface area contributed by atoms with Crippen LogP contribution in [0.3, 0.4) is 0 Å². The van der Waals surface area contributed by atoms with E-state index in [4.69, 9.17) is 9.84 Å². The van der Waals surface area contributed by atoms with Crippen molar-refractivity contribution in [3.63, 3.8) is 0 Å². The molecule has 96 valence electrons. The SMILES string of the molecule is COCCN(CCO)c1nnc2ccccc2n1. The fraction of sp³-hybridized carbons (Fsp3) is 0.417. The van der Waals surface area contributed by atoms with Crippen molar-refractivity contribution in [1.82, 2.24) is 15.2 Å². The molecular formula is C12H16N4O2. The third-order valence-corrected chi connectivity index (χ3v) is 2.57. The standard InChI is InChI=1S/C12H16N4O2/c1-18-9-7-16(6-8-17)12-13-10-4-2-3-5-11(10)14-15-12/h2-5,17H,6-9H2,1H3. The number of para-hydroxylation sites is 1. The molecule has 0 aliphatic heterocycles. The first-order valence-electron chi connectivity index (χ1n) is 5.79. The van der Waals surface area contributed by atoms with E-state index in [0.29, 0.717) is 25.6 Å². The number of methoxy groups -OCH3 is 1. The Morgan fingerprint density at radius 2 is 1.94 bits per heavy atom. The summed E-state index contributed by atoms with van der Waals surface area (Å²) in [7, 11) is 1.64. The number of hydrogen-bond acceptors (Lipinski definition) is 6. The number of fused-ring (bicyclic) bond motifs is 1. The van der Waals surface area contributed by atoms with Gasteiger partial charge in [0, 0.05) is 20.2 Å². The zero-order chi connectivity index (χ0) is 12.8. The van der Waals surface area contributed by atoms with Crippen LogP contribution < -0.4 is 4.90 Å². The summed E-state index contributed by atoms with van der Waals surface area (Å²) in [5, 5.41) is 17.2. The van der Waals surface area contributed by atoms with Gasteiger partial charge in [0.05, 0.1) is 18.7 Å². The van der Waals surface area contributed by atoms with Crippen molar-refractivity contribution in [1.29, 1.82) is 0 Å². The summed E-state index contributed by atoms with van der Waals surface area (Å²) in [6.07, 6.45) is 0. The number of benzene rings is 1. The molecule has 0 atom stereocenters. The quantitative estimate of drug-likeness (QED) is 0.801. The van der Waals surface area contributed by atoms with Crippen LogP contribution in [0.1, 0.15) is 0 Å². The van der Waals surface area contributed by atoms with Crippen molar-refractivity contribution in [2.75, 3.05) is 38.3 Å². The number of anilines is 1.